The van der Waals surface area contributed by atoms with Gasteiger partial charge in [-0.25, -0.2) is 0 Å². The molecule has 0 amide bonds. The third-order valence-electron chi connectivity index (χ3n) is 5.42. The molecule has 0 saturated carbocycles. The third kappa shape index (κ3) is 4.31. The number of para-hydroxylation sites is 1. The molecular formula is C26H23F3N2. The van der Waals surface area contributed by atoms with Crippen LogP contribution >= 0.6 is 0 Å². The molecule has 0 atom stereocenters. The summed E-state index contributed by atoms with van der Waals surface area (Å²) in [5, 5.41) is 0.492. The van der Waals surface area contributed by atoms with Crippen LogP contribution in [0.25, 0.3) is 22.0 Å². The van der Waals surface area contributed by atoms with Crippen LogP contribution in [0.15, 0.2) is 73.1 Å². The highest BCUT2D eigenvalue weighted by Crippen LogP contribution is 2.39. The first-order chi connectivity index (χ1) is 14.6. The quantitative estimate of drug-likeness (QED) is 0.350. The van der Waals surface area contributed by atoms with Crippen molar-refractivity contribution < 1.29 is 13.2 Å². The predicted octanol–water partition coefficient (Wildman–Crippen LogP) is 7.20. The number of rotatable bonds is 3. The van der Waals surface area contributed by atoms with Gasteiger partial charge in [-0.15, -0.1) is 0 Å². The maximum atomic E-state index is 13.6. The van der Waals surface area contributed by atoms with Gasteiger partial charge in [0.1, 0.15) is 0 Å². The summed E-state index contributed by atoms with van der Waals surface area (Å²) in [5.41, 5.74) is 3.71. The summed E-state index contributed by atoms with van der Waals surface area (Å²) in [6.45, 7) is 6.39. The van der Waals surface area contributed by atoms with E-state index in [-0.39, 0.29) is 10.9 Å². The first kappa shape index (κ1) is 21.0. The Labute approximate surface area is 179 Å². The fourth-order valence-corrected chi connectivity index (χ4v) is 3.80. The van der Waals surface area contributed by atoms with E-state index in [0.29, 0.717) is 11.8 Å². The highest BCUT2D eigenvalue weighted by atomic mass is 19.4. The monoisotopic (exact) mass is 420 g/mol. The molecular weight excluding hydrogens is 397 g/mol. The van der Waals surface area contributed by atoms with Gasteiger partial charge < -0.3 is 0 Å². The normalized spacial score (nSPS) is 12.3. The van der Waals surface area contributed by atoms with Gasteiger partial charge in [0.2, 0.25) is 0 Å². The van der Waals surface area contributed by atoms with Crippen molar-refractivity contribution in [3.05, 3.63) is 95.4 Å². The zero-order valence-corrected chi connectivity index (χ0v) is 17.7. The molecule has 2 heterocycles. The van der Waals surface area contributed by atoms with E-state index in [1.807, 2.05) is 42.5 Å². The van der Waals surface area contributed by atoms with Crippen LogP contribution in [0, 0.1) is 0 Å². The summed E-state index contributed by atoms with van der Waals surface area (Å²) in [7, 11) is 0. The van der Waals surface area contributed by atoms with Crippen LogP contribution in [-0.4, -0.2) is 9.97 Å². The Morgan fingerprint density at radius 1 is 0.806 bits per heavy atom. The van der Waals surface area contributed by atoms with Crippen LogP contribution in [0.5, 0.6) is 0 Å². The highest BCUT2D eigenvalue weighted by Gasteiger charge is 2.33. The minimum Gasteiger partial charge on any atom is -0.261 e. The van der Waals surface area contributed by atoms with E-state index in [9.17, 15) is 13.2 Å². The maximum Gasteiger partial charge on any atom is 0.418 e. The lowest BCUT2D eigenvalue weighted by molar-refractivity contribution is -0.136. The largest absolute Gasteiger partial charge is 0.418 e. The van der Waals surface area contributed by atoms with Crippen molar-refractivity contribution in [3.8, 4) is 11.1 Å². The van der Waals surface area contributed by atoms with Crippen molar-refractivity contribution in [3.63, 3.8) is 0 Å². The molecule has 0 aliphatic rings. The molecule has 2 nitrogen and oxygen atoms in total. The minimum atomic E-state index is -4.47. The van der Waals surface area contributed by atoms with Gasteiger partial charge in [0.25, 0.3) is 0 Å². The Morgan fingerprint density at radius 2 is 1.55 bits per heavy atom. The summed E-state index contributed by atoms with van der Waals surface area (Å²) < 4.78 is 40.9. The maximum absolute atomic E-state index is 13.6. The molecule has 0 fully saturated rings. The van der Waals surface area contributed by atoms with E-state index in [1.165, 1.54) is 6.07 Å². The Balaban J connectivity index is 1.95. The van der Waals surface area contributed by atoms with Gasteiger partial charge in [-0.3, -0.25) is 9.97 Å². The number of nitrogens with zero attached hydrogens (tertiary/aromatic N) is 2. The molecule has 0 radical (unpaired) electrons. The molecule has 2 aromatic carbocycles. The van der Waals surface area contributed by atoms with Crippen molar-refractivity contribution >= 4 is 10.9 Å². The second kappa shape index (κ2) is 7.80. The lowest BCUT2D eigenvalue weighted by Crippen LogP contribution is -2.10. The lowest BCUT2D eigenvalue weighted by atomic mass is 9.85. The molecule has 158 valence electrons. The van der Waals surface area contributed by atoms with E-state index in [1.54, 1.807) is 18.5 Å². The molecule has 4 rings (SSSR count). The molecule has 0 saturated heterocycles. The molecule has 0 bridgehead atoms. The fourth-order valence-electron chi connectivity index (χ4n) is 3.80. The van der Waals surface area contributed by atoms with Crippen LogP contribution in [0.4, 0.5) is 13.2 Å². The second-order valence-electron chi connectivity index (χ2n) is 8.68. The number of halogens is 3. The van der Waals surface area contributed by atoms with Crippen LogP contribution in [0.2, 0.25) is 0 Å². The van der Waals surface area contributed by atoms with Crippen molar-refractivity contribution in [2.24, 2.45) is 0 Å². The van der Waals surface area contributed by atoms with Gasteiger partial charge in [0.05, 0.1) is 11.1 Å². The zero-order chi connectivity index (χ0) is 22.2. The minimum absolute atomic E-state index is 0.0148. The Hall–Kier alpha value is -3.21. The molecule has 0 N–H and O–H groups in total. The number of alkyl halides is 3. The number of benzene rings is 2. The van der Waals surface area contributed by atoms with Crippen molar-refractivity contribution in [1.82, 2.24) is 9.97 Å². The highest BCUT2D eigenvalue weighted by molar-refractivity contribution is 5.97. The second-order valence-corrected chi connectivity index (χ2v) is 8.68. The van der Waals surface area contributed by atoms with E-state index in [2.05, 4.69) is 30.7 Å². The first-order valence-corrected chi connectivity index (χ1v) is 10.1. The Bertz CT molecular complexity index is 1210. The average molecular weight is 420 g/mol. The van der Waals surface area contributed by atoms with Crippen molar-refractivity contribution in [2.75, 3.05) is 0 Å². The van der Waals surface area contributed by atoms with Gasteiger partial charge in [0, 0.05) is 29.9 Å². The molecule has 4 aromatic rings. The van der Waals surface area contributed by atoms with Crippen LogP contribution in [0.1, 0.15) is 43.2 Å². The summed E-state index contributed by atoms with van der Waals surface area (Å²) in [4.78, 5) is 8.62. The SMILES string of the molecule is CC(C)(C)c1ccc(-c2c(Cc3ccccn3)cnc3c(C(F)(F)F)cccc23)cc1. The molecule has 0 spiro atoms. The Kier molecular flexibility index (Phi) is 5.29. The number of pyridine rings is 2. The smallest absolute Gasteiger partial charge is 0.261 e. The van der Waals surface area contributed by atoms with Gasteiger partial charge in [0.15, 0.2) is 0 Å². The Morgan fingerprint density at radius 3 is 2.16 bits per heavy atom. The van der Waals surface area contributed by atoms with Crippen molar-refractivity contribution in [2.45, 2.75) is 38.8 Å². The molecule has 31 heavy (non-hydrogen) atoms. The van der Waals surface area contributed by atoms with E-state index in [4.69, 9.17) is 0 Å². The lowest BCUT2D eigenvalue weighted by Gasteiger charge is -2.20. The zero-order valence-electron chi connectivity index (χ0n) is 17.7. The van der Waals surface area contributed by atoms with Crippen LogP contribution < -0.4 is 0 Å². The van der Waals surface area contributed by atoms with E-state index >= 15 is 0 Å². The summed E-state index contributed by atoms with van der Waals surface area (Å²) >= 11 is 0. The van der Waals surface area contributed by atoms with E-state index in [0.717, 1.165) is 34.0 Å². The molecule has 0 aliphatic heterocycles. The van der Waals surface area contributed by atoms with Gasteiger partial charge in [-0.05, 0) is 45.9 Å². The summed E-state index contributed by atoms with van der Waals surface area (Å²) in [6, 6.07) is 17.9. The molecule has 2 aromatic heterocycles. The molecule has 0 unspecified atom stereocenters. The number of hydrogen-bond acceptors (Lipinski definition) is 2. The molecule has 5 heteroatoms. The first-order valence-electron chi connectivity index (χ1n) is 10.1. The van der Waals surface area contributed by atoms with Gasteiger partial charge in [-0.2, -0.15) is 13.2 Å². The molecule has 0 aliphatic carbocycles. The van der Waals surface area contributed by atoms with E-state index < -0.39 is 11.7 Å². The number of fused-ring (bicyclic) bond motifs is 1. The van der Waals surface area contributed by atoms with Crippen LogP contribution in [0.3, 0.4) is 0 Å². The summed E-state index contributed by atoms with van der Waals surface area (Å²) in [5.74, 6) is 0. The van der Waals surface area contributed by atoms with Crippen molar-refractivity contribution in [1.29, 1.82) is 0 Å². The number of hydrogen-bond donors (Lipinski definition) is 0. The third-order valence-corrected chi connectivity index (χ3v) is 5.42. The summed E-state index contributed by atoms with van der Waals surface area (Å²) in [6.07, 6.45) is -0.721. The predicted molar refractivity (Wildman–Crippen MR) is 118 cm³/mol. The van der Waals surface area contributed by atoms with Gasteiger partial charge >= 0.3 is 6.18 Å². The average Bonchev–Trinajstić information content (AvgIpc) is 2.72. The number of aromatic nitrogens is 2. The fraction of sp³-hybridized carbons (Fsp3) is 0.231. The van der Waals surface area contributed by atoms with Crippen LogP contribution in [-0.2, 0) is 18.0 Å². The standard InChI is InChI=1S/C26H23F3N2/c1-25(2,3)19-12-10-17(11-13-19)23-18(15-20-7-4-5-14-30-20)16-31-24-21(23)8-6-9-22(24)26(27,28)29/h4-14,16H,15H2,1-3H3. The van der Waals surface area contributed by atoms with Gasteiger partial charge in [-0.1, -0.05) is 63.2 Å². The topological polar surface area (TPSA) is 25.8 Å².